The van der Waals surface area contributed by atoms with Crippen molar-refractivity contribution in [3.05, 3.63) is 65.7 Å². The first-order valence-corrected chi connectivity index (χ1v) is 6.99. The molecule has 0 radical (unpaired) electrons. The van der Waals surface area contributed by atoms with Gasteiger partial charge in [0.05, 0.1) is 0 Å². The summed E-state index contributed by atoms with van der Waals surface area (Å²) in [5, 5.41) is 11.7. The maximum absolute atomic E-state index is 12.0. The Hall–Kier alpha value is -2.17. The predicted octanol–water partition coefficient (Wildman–Crippen LogP) is 2.25. The second-order valence-electron chi connectivity index (χ2n) is 4.94. The third-order valence-corrected chi connectivity index (χ3v) is 3.27. The fourth-order valence-electron chi connectivity index (χ4n) is 2.11. The van der Waals surface area contributed by atoms with E-state index in [1.165, 1.54) is 0 Å². The van der Waals surface area contributed by atoms with Crippen LogP contribution in [-0.2, 0) is 11.2 Å². The molecule has 0 heterocycles. The third kappa shape index (κ3) is 4.70. The molecule has 2 rings (SSSR count). The van der Waals surface area contributed by atoms with Crippen LogP contribution in [0.5, 0.6) is 0 Å². The maximum atomic E-state index is 12.0. The fourth-order valence-corrected chi connectivity index (χ4v) is 2.11. The van der Waals surface area contributed by atoms with E-state index >= 15 is 0 Å². The number of nitrogens with one attached hydrogen (secondary N) is 1. The van der Waals surface area contributed by atoms with E-state index < -0.39 is 0 Å². The molecule has 0 aliphatic rings. The van der Waals surface area contributed by atoms with Gasteiger partial charge in [-0.2, -0.15) is 0 Å². The highest BCUT2D eigenvalue weighted by atomic mass is 16.2. The molecule has 21 heavy (non-hydrogen) atoms. The van der Waals surface area contributed by atoms with Crippen molar-refractivity contribution in [2.24, 2.45) is 5.73 Å². The number of hydrogen-bond donors (Lipinski definition) is 3. The molecule has 1 atom stereocenters. The highest BCUT2D eigenvalue weighted by Crippen LogP contribution is 2.15. The van der Waals surface area contributed by atoms with Crippen molar-refractivity contribution in [2.45, 2.75) is 18.9 Å². The molecule has 0 aliphatic carbocycles. The Kier molecular flexibility index (Phi) is 5.49. The molecular formula is C17H20N2O2. The lowest BCUT2D eigenvalue weighted by Gasteiger charge is -2.12. The summed E-state index contributed by atoms with van der Waals surface area (Å²) < 4.78 is 0. The lowest BCUT2D eigenvalue weighted by molar-refractivity contribution is -0.116. The van der Waals surface area contributed by atoms with Crippen LogP contribution in [-0.4, -0.2) is 17.6 Å². The van der Waals surface area contributed by atoms with E-state index in [1.807, 2.05) is 54.6 Å². The average molecular weight is 284 g/mol. The molecule has 0 saturated carbocycles. The monoisotopic (exact) mass is 284 g/mol. The summed E-state index contributed by atoms with van der Waals surface area (Å²) in [4.78, 5) is 12.0. The minimum absolute atomic E-state index is 0.110. The molecule has 4 N–H and O–H groups in total. The molecule has 110 valence electrons. The Morgan fingerprint density at radius 1 is 1.10 bits per heavy atom. The summed E-state index contributed by atoms with van der Waals surface area (Å²) in [6, 6.07) is 16.7. The van der Waals surface area contributed by atoms with Gasteiger partial charge in [0.25, 0.3) is 0 Å². The number of carbonyl (C=O) groups excluding carboxylic acids is 1. The van der Waals surface area contributed by atoms with E-state index in [0.29, 0.717) is 6.42 Å². The fraction of sp³-hybridized carbons (Fsp3) is 0.235. The number of rotatable bonds is 6. The second-order valence-corrected chi connectivity index (χ2v) is 4.94. The van der Waals surface area contributed by atoms with Crippen molar-refractivity contribution < 1.29 is 9.90 Å². The molecule has 2 aromatic carbocycles. The highest BCUT2D eigenvalue weighted by molar-refractivity contribution is 5.91. The lowest BCUT2D eigenvalue weighted by atomic mass is 10.0. The number of hydrogen-bond acceptors (Lipinski definition) is 3. The highest BCUT2D eigenvalue weighted by Gasteiger charge is 2.11. The molecule has 0 spiro atoms. The first-order chi connectivity index (χ1) is 10.2. The van der Waals surface area contributed by atoms with Gasteiger partial charge in [0.15, 0.2) is 0 Å². The molecule has 1 amide bonds. The zero-order valence-corrected chi connectivity index (χ0v) is 11.8. The zero-order valence-electron chi connectivity index (χ0n) is 11.8. The van der Waals surface area contributed by atoms with Gasteiger partial charge < -0.3 is 16.2 Å². The van der Waals surface area contributed by atoms with Gasteiger partial charge in [-0.05, 0) is 29.7 Å². The van der Waals surface area contributed by atoms with E-state index in [0.717, 1.165) is 16.8 Å². The molecule has 0 saturated heterocycles. The Bertz CT molecular complexity index is 567. The van der Waals surface area contributed by atoms with Crippen LogP contribution in [0.1, 0.15) is 23.6 Å². The quantitative estimate of drug-likeness (QED) is 0.761. The number of nitrogens with two attached hydrogens (primary N) is 1. The van der Waals surface area contributed by atoms with Crippen LogP contribution in [0.15, 0.2) is 54.6 Å². The summed E-state index contributed by atoms with van der Waals surface area (Å²) >= 11 is 0. The minimum Gasteiger partial charge on any atom is -0.396 e. The molecule has 4 nitrogen and oxygen atoms in total. The molecule has 0 aromatic heterocycles. The summed E-state index contributed by atoms with van der Waals surface area (Å²) in [5.41, 5.74) is 8.75. The molecular weight excluding hydrogens is 264 g/mol. The number of amides is 1. The largest absolute Gasteiger partial charge is 0.396 e. The van der Waals surface area contributed by atoms with Crippen molar-refractivity contribution >= 4 is 11.6 Å². The lowest BCUT2D eigenvalue weighted by Crippen LogP contribution is -2.20. The molecule has 4 heteroatoms. The SMILES string of the molecule is NC(CC(=O)Nc1ccc(CCO)cc1)c1ccccc1. The van der Waals surface area contributed by atoms with Crippen LogP contribution in [0.4, 0.5) is 5.69 Å². The van der Waals surface area contributed by atoms with E-state index in [1.54, 1.807) is 0 Å². The van der Waals surface area contributed by atoms with E-state index in [4.69, 9.17) is 10.8 Å². The van der Waals surface area contributed by atoms with Crippen molar-refractivity contribution in [3.63, 3.8) is 0 Å². The number of carbonyl (C=O) groups is 1. The zero-order chi connectivity index (χ0) is 15.1. The van der Waals surface area contributed by atoms with Gasteiger partial charge in [0, 0.05) is 24.8 Å². The Morgan fingerprint density at radius 2 is 1.76 bits per heavy atom. The van der Waals surface area contributed by atoms with Gasteiger partial charge in [-0.15, -0.1) is 0 Å². The average Bonchev–Trinajstić information content (AvgIpc) is 2.50. The Labute approximate surface area is 124 Å². The first-order valence-electron chi connectivity index (χ1n) is 6.99. The smallest absolute Gasteiger partial charge is 0.226 e. The summed E-state index contributed by atoms with van der Waals surface area (Å²) in [7, 11) is 0. The third-order valence-electron chi connectivity index (χ3n) is 3.27. The van der Waals surface area contributed by atoms with Crippen LogP contribution in [0.25, 0.3) is 0 Å². The van der Waals surface area contributed by atoms with Crippen LogP contribution >= 0.6 is 0 Å². The van der Waals surface area contributed by atoms with Crippen molar-refractivity contribution in [3.8, 4) is 0 Å². The number of aliphatic hydroxyl groups is 1. The van der Waals surface area contributed by atoms with Gasteiger partial charge in [-0.3, -0.25) is 4.79 Å². The van der Waals surface area contributed by atoms with Gasteiger partial charge >= 0.3 is 0 Å². The maximum Gasteiger partial charge on any atom is 0.226 e. The standard InChI is InChI=1S/C17H20N2O2/c18-16(14-4-2-1-3-5-14)12-17(21)19-15-8-6-13(7-9-15)10-11-20/h1-9,16,20H,10-12,18H2,(H,19,21). The predicted molar refractivity (Wildman–Crippen MR) is 83.8 cm³/mol. The molecule has 0 fully saturated rings. The Balaban J connectivity index is 1.89. The van der Waals surface area contributed by atoms with E-state index in [2.05, 4.69) is 5.32 Å². The summed E-state index contributed by atoms with van der Waals surface area (Å²) in [6.45, 7) is 0.123. The number of benzene rings is 2. The van der Waals surface area contributed by atoms with Crippen molar-refractivity contribution in [2.75, 3.05) is 11.9 Å². The normalized spacial score (nSPS) is 11.9. The van der Waals surface area contributed by atoms with E-state index in [-0.39, 0.29) is 25.0 Å². The van der Waals surface area contributed by atoms with Crippen LogP contribution in [0, 0.1) is 0 Å². The second kappa shape index (κ2) is 7.57. The van der Waals surface area contributed by atoms with Gasteiger partial charge in [0.2, 0.25) is 5.91 Å². The molecule has 2 aromatic rings. The molecule has 0 bridgehead atoms. The van der Waals surface area contributed by atoms with Crippen molar-refractivity contribution in [1.29, 1.82) is 0 Å². The van der Waals surface area contributed by atoms with Crippen LogP contribution in [0.3, 0.4) is 0 Å². The first kappa shape index (κ1) is 15.2. The van der Waals surface area contributed by atoms with Gasteiger partial charge in [-0.1, -0.05) is 42.5 Å². The summed E-state index contributed by atoms with van der Waals surface area (Å²) in [5.74, 6) is -0.110. The van der Waals surface area contributed by atoms with Crippen LogP contribution in [0.2, 0.25) is 0 Å². The van der Waals surface area contributed by atoms with Gasteiger partial charge in [0.1, 0.15) is 0 Å². The topological polar surface area (TPSA) is 75.4 Å². The Morgan fingerprint density at radius 3 is 2.38 bits per heavy atom. The molecule has 1 unspecified atom stereocenters. The van der Waals surface area contributed by atoms with Gasteiger partial charge in [-0.25, -0.2) is 0 Å². The molecule has 0 aliphatic heterocycles. The van der Waals surface area contributed by atoms with Crippen LogP contribution < -0.4 is 11.1 Å². The summed E-state index contributed by atoms with van der Waals surface area (Å²) in [6.07, 6.45) is 0.857. The minimum atomic E-state index is -0.306. The number of aliphatic hydroxyl groups excluding tert-OH is 1. The number of anilines is 1. The van der Waals surface area contributed by atoms with E-state index in [9.17, 15) is 4.79 Å². The van der Waals surface area contributed by atoms with Crippen molar-refractivity contribution in [1.82, 2.24) is 0 Å².